The minimum atomic E-state index is 0.0992. The Morgan fingerprint density at radius 1 is 1.33 bits per heavy atom. The average Bonchev–Trinajstić information content (AvgIpc) is 2.69. The fourth-order valence-corrected chi connectivity index (χ4v) is 2.39. The molecule has 0 bridgehead atoms. The lowest BCUT2D eigenvalue weighted by atomic mass is 10.3. The van der Waals surface area contributed by atoms with Crippen molar-refractivity contribution in [1.29, 1.82) is 0 Å². The number of ether oxygens (including phenoxy) is 2. The summed E-state index contributed by atoms with van der Waals surface area (Å²) in [5.74, 6) is 0. The Kier molecular flexibility index (Phi) is 6.89. The maximum atomic E-state index is 5.80. The Labute approximate surface area is 118 Å². The zero-order chi connectivity index (χ0) is 13.5. The summed E-state index contributed by atoms with van der Waals surface area (Å²) in [6.07, 6.45) is 1.02. The molecule has 1 rings (SSSR count). The van der Waals surface area contributed by atoms with Crippen molar-refractivity contribution in [1.82, 2.24) is 9.78 Å². The molecular weight excluding hydrogens is 296 g/mol. The number of hydrogen-bond acceptors (Lipinski definition) is 3. The first-order chi connectivity index (χ1) is 8.63. The van der Waals surface area contributed by atoms with Crippen LogP contribution in [0.4, 0.5) is 0 Å². The average molecular weight is 319 g/mol. The van der Waals surface area contributed by atoms with E-state index in [0.717, 1.165) is 35.4 Å². The summed E-state index contributed by atoms with van der Waals surface area (Å²) in [7, 11) is 0. The van der Waals surface area contributed by atoms with Crippen molar-refractivity contribution in [2.24, 2.45) is 0 Å². The van der Waals surface area contributed by atoms with Crippen molar-refractivity contribution in [2.75, 3.05) is 13.2 Å². The predicted molar refractivity (Wildman–Crippen MR) is 75.7 cm³/mol. The van der Waals surface area contributed by atoms with Crippen molar-refractivity contribution < 1.29 is 9.47 Å². The zero-order valence-electron chi connectivity index (χ0n) is 11.7. The number of nitrogens with zero attached hydrogens (tertiary/aromatic N) is 2. The maximum Gasteiger partial charge on any atom is 0.0901 e. The minimum absolute atomic E-state index is 0.0992. The first-order valence-corrected chi connectivity index (χ1v) is 7.36. The second-order valence-corrected chi connectivity index (χ2v) is 4.95. The molecule has 1 atom stereocenters. The molecule has 0 N–H and O–H groups in total. The summed E-state index contributed by atoms with van der Waals surface area (Å²) >= 11 is 3.61. The van der Waals surface area contributed by atoms with Crippen LogP contribution in [0.2, 0.25) is 0 Å². The van der Waals surface area contributed by atoms with Gasteiger partial charge in [-0.15, -0.1) is 0 Å². The van der Waals surface area contributed by atoms with E-state index in [2.05, 4.69) is 34.9 Å². The molecule has 1 aromatic rings. The first-order valence-electron chi connectivity index (χ1n) is 6.57. The molecule has 0 aliphatic rings. The molecule has 0 spiro atoms. The van der Waals surface area contributed by atoms with Gasteiger partial charge in [-0.1, -0.05) is 6.92 Å². The second-order valence-electron chi connectivity index (χ2n) is 4.16. The van der Waals surface area contributed by atoms with Crippen LogP contribution < -0.4 is 0 Å². The van der Waals surface area contributed by atoms with Gasteiger partial charge in [0.25, 0.3) is 0 Å². The standard InChI is InChI=1S/C13H23BrN2O2/c1-5-11-13(14)12(16(6-2)15-11)9-18-10(4)8-17-7-3/h10H,5-9H2,1-4H3. The van der Waals surface area contributed by atoms with E-state index in [1.54, 1.807) is 0 Å². The number of aryl methyl sites for hydroxylation is 2. The SMILES string of the molecule is CCOCC(C)OCc1c(Br)c(CC)nn1CC. The summed E-state index contributed by atoms with van der Waals surface area (Å²) in [6, 6.07) is 0. The Bertz CT molecular complexity index is 366. The number of aromatic nitrogens is 2. The van der Waals surface area contributed by atoms with E-state index in [1.165, 1.54) is 0 Å². The first kappa shape index (κ1) is 15.7. The Morgan fingerprint density at radius 3 is 2.61 bits per heavy atom. The molecule has 1 heterocycles. The van der Waals surface area contributed by atoms with Crippen LogP contribution >= 0.6 is 15.9 Å². The molecule has 1 aromatic heterocycles. The van der Waals surface area contributed by atoms with Crippen LogP contribution in [0.3, 0.4) is 0 Å². The van der Waals surface area contributed by atoms with Crippen LogP contribution in [0.25, 0.3) is 0 Å². The molecule has 0 radical (unpaired) electrons. The highest BCUT2D eigenvalue weighted by molar-refractivity contribution is 9.10. The van der Waals surface area contributed by atoms with Gasteiger partial charge in [-0.2, -0.15) is 5.10 Å². The summed E-state index contributed by atoms with van der Waals surface area (Å²) in [5, 5.41) is 4.55. The third kappa shape index (κ3) is 4.07. The smallest absolute Gasteiger partial charge is 0.0901 e. The van der Waals surface area contributed by atoms with Gasteiger partial charge >= 0.3 is 0 Å². The largest absolute Gasteiger partial charge is 0.379 e. The molecule has 0 fully saturated rings. The van der Waals surface area contributed by atoms with Crippen LogP contribution in [0, 0.1) is 0 Å². The Hall–Kier alpha value is -0.390. The maximum absolute atomic E-state index is 5.80. The van der Waals surface area contributed by atoms with E-state index in [1.807, 2.05) is 18.5 Å². The molecule has 0 saturated carbocycles. The molecular formula is C13H23BrN2O2. The van der Waals surface area contributed by atoms with Crippen molar-refractivity contribution in [3.05, 3.63) is 15.9 Å². The van der Waals surface area contributed by atoms with Gasteiger partial charge in [0.15, 0.2) is 0 Å². The molecule has 0 aliphatic heterocycles. The quantitative estimate of drug-likeness (QED) is 0.738. The summed E-state index contributed by atoms with van der Waals surface area (Å²) in [4.78, 5) is 0. The zero-order valence-corrected chi connectivity index (χ0v) is 13.3. The Balaban J connectivity index is 2.63. The third-order valence-electron chi connectivity index (χ3n) is 2.76. The van der Waals surface area contributed by atoms with Gasteiger partial charge < -0.3 is 9.47 Å². The van der Waals surface area contributed by atoms with Crippen LogP contribution in [-0.2, 0) is 29.0 Å². The monoisotopic (exact) mass is 318 g/mol. The van der Waals surface area contributed by atoms with Crippen LogP contribution in [-0.4, -0.2) is 29.1 Å². The van der Waals surface area contributed by atoms with Gasteiger partial charge in [0.1, 0.15) is 0 Å². The minimum Gasteiger partial charge on any atom is -0.379 e. The van der Waals surface area contributed by atoms with Gasteiger partial charge in [-0.05, 0) is 43.1 Å². The Morgan fingerprint density at radius 2 is 2.06 bits per heavy atom. The van der Waals surface area contributed by atoms with Gasteiger partial charge in [0.05, 0.1) is 35.2 Å². The molecule has 104 valence electrons. The highest BCUT2D eigenvalue weighted by Crippen LogP contribution is 2.23. The summed E-state index contributed by atoms with van der Waals surface area (Å²) < 4.78 is 14.2. The summed E-state index contributed by atoms with van der Waals surface area (Å²) in [6.45, 7) is 11.0. The van der Waals surface area contributed by atoms with Crippen LogP contribution in [0.1, 0.15) is 39.1 Å². The molecule has 0 amide bonds. The lowest BCUT2D eigenvalue weighted by molar-refractivity contribution is -0.0140. The van der Waals surface area contributed by atoms with E-state index in [4.69, 9.17) is 9.47 Å². The van der Waals surface area contributed by atoms with E-state index in [0.29, 0.717) is 13.2 Å². The predicted octanol–water partition coefficient (Wildman–Crippen LogP) is 3.17. The molecule has 18 heavy (non-hydrogen) atoms. The van der Waals surface area contributed by atoms with E-state index in [-0.39, 0.29) is 6.10 Å². The molecule has 5 heteroatoms. The number of rotatable bonds is 8. The van der Waals surface area contributed by atoms with E-state index >= 15 is 0 Å². The molecule has 1 unspecified atom stereocenters. The van der Waals surface area contributed by atoms with Crippen molar-refractivity contribution in [2.45, 2.75) is 53.4 Å². The second kappa shape index (κ2) is 7.92. The molecule has 0 aromatic carbocycles. The topological polar surface area (TPSA) is 36.3 Å². The molecule has 0 aliphatic carbocycles. The van der Waals surface area contributed by atoms with Crippen molar-refractivity contribution in [3.63, 3.8) is 0 Å². The number of hydrogen-bond donors (Lipinski definition) is 0. The van der Waals surface area contributed by atoms with Crippen LogP contribution in [0.15, 0.2) is 4.47 Å². The van der Waals surface area contributed by atoms with Gasteiger partial charge in [0.2, 0.25) is 0 Å². The van der Waals surface area contributed by atoms with Crippen molar-refractivity contribution in [3.8, 4) is 0 Å². The summed E-state index contributed by atoms with van der Waals surface area (Å²) in [5.41, 5.74) is 2.20. The van der Waals surface area contributed by atoms with Gasteiger partial charge in [-0.25, -0.2) is 0 Å². The lowest BCUT2D eigenvalue weighted by Gasteiger charge is -2.13. The molecule has 0 saturated heterocycles. The lowest BCUT2D eigenvalue weighted by Crippen LogP contribution is -2.17. The number of halogens is 1. The van der Waals surface area contributed by atoms with Crippen LogP contribution in [0.5, 0.6) is 0 Å². The van der Waals surface area contributed by atoms with Gasteiger partial charge in [-0.3, -0.25) is 4.68 Å². The van der Waals surface area contributed by atoms with E-state index in [9.17, 15) is 0 Å². The van der Waals surface area contributed by atoms with Crippen molar-refractivity contribution >= 4 is 15.9 Å². The highest BCUT2D eigenvalue weighted by atomic mass is 79.9. The fourth-order valence-electron chi connectivity index (χ4n) is 1.71. The molecule has 4 nitrogen and oxygen atoms in total. The third-order valence-corrected chi connectivity index (χ3v) is 3.67. The van der Waals surface area contributed by atoms with Gasteiger partial charge in [0, 0.05) is 13.2 Å². The van der Waals surface area contributed by atoms with E-state index < -0.39 is 0 Å². The normalized spacial score (nSPS) is 12.9. The highest BCUT2D eigenvalue weighted by Gasteiger charge is 2.14. The fraction of sp³-hybridized carbons (Fsp3) is 0.769.